The van der Waals surface area contributed by atoms with E-state index in [0.717, 1.165) is 25.2 Å². The molecule has 1 atom stereocenters. The van der Waals surface area contributed by atoms with Gasteiger partial charge in [-0.2, -0.15) is 5.10 Å². The standard InChI is InChI=1S/C16H25N5O3/c1-11(2)16(24)18-9-14(22)17-7-12-4-5-21(10-12)13-6-15(23)20(3)19-8-13/h6,8,11-12H,4-5,7,9-10H2,1-3H3,(H,17,22)(H,18,24)/t12-/m1/s1. The minimum absolute atomic E-state index is 0.00605. The molecule has 0 spiro atoms. The lowest BCUT2D eigenvalue weighted by molar-refractivity contribution is -0.127. The lowest BCUT2D eigenvalue weighted by atomic mass is 10.1. The summed E-state index contributed by atoms with van der Waals surface area (Å²) in [6.45, 7) is 5.74. The number of rotatable bonds is 6. The zero-order chi connectivity index (χ0) is 17.7. The van der Waals surface area contributed by atoms with E-state index in [-0.39, 0.29) is 29.8 Å². The molecule has 1 fully saturated rings. The summed E-state index contributed by atoms with van der Waals surface area (Å²) in [6, 6.07) is 1.58. The van der Waals surface area contributed by atoms with Crippen molar-refractivity contribution in [2.75, 3.05) is 31.1 Å². The van der Waals surface area contributed by atoms with Gasteiger partial charge in [-0.3, -0.25) is 14.4 Å². The van der Waals surface area contributed by atoms with Gasteiger partial charge in [0.15, 0.2) is 0 Å². The number of hydrogen-bond donors (Lipinski definition) is 2. The second kappa shape index (κ2) is 7.94. The molecule has 0 unspecified atom stereocenters. The van der Waals surface area contributed by atoms with Crippen molar-refractivity contribution in [1.82, 2.24) is 20.4 Å². The molecule has 0 aliphatic carbocycles. The molecule has 1 saturated heterocycles. The Morgan fingerprint density at radius 3 is 2.79 bits per heavy atom. The zero-order valence-corrected chi connectivity index (χ0v) is 14.4. The molecular formula is C16H25N5O3. The summed E-state index contributed by atoms with van der Waals surface area (Å²) in [4.78, 5) is 36.9. The molecule has 24 heavy (non-hydrogen) atoms. The minimum atomic E-state index is -0.183. The van der Waals surface area contributed by atoms with Gasteiger partial charge in [0.1, 0.15) is 0 Å². The van der Waals surface area contributed by atoms with Gasteiger partial charge in [-0.25, -0.2) is 4.68 Å². The summed E-state index contributed by atoms with van der Waals surface area (Å²) >= 11 is 0. The van der Waals surface area contributed by atoms with Crippen molar-refractivity contribution < 1.29 is 9.59 Å². The van der Waals surface area contributed by atoms with Crippen LogP contribution in [-0.2, 0) is 16.6 Å². The smallest absolute Gasteiger partial charge is 0.268 e. The summed E-state index contributed by atoms with van der Waals surface area (Å²) in [5.74, 6) is -0.125. The third-order valence-electron chi connectivity index (χ3n) is 4.14. The van der Waals surface area contributed by atoms with Crippen LogP contribution in [0.4, 0.5) is 5.69 Å². The van der Waals surface area contributed by atoms with Gasteiger partial charge in [0.25, 0.3) is 5.56 Å². The lowest BCUT2D eigenvalue weighted by Gasteiger charge is -2.18. The van der Waals surface area contributed by atoms with Crippen LogP contribution < -0.4 is 21.1 Å². The van der Waals surface area contributed by atoms with E-state index in [0.29, 0.717) is 12.5 Å². The Balaban J connectivity index is 1.75. The Labute approximate surface area is 141 Å². The number of nitrogens with zero attached hydrogens (tertiary/aromatic N) is 3. The van der Waals surface area contributed by atoms with Crippen molar-refractivity contribution in [3.05, 3.63) is 22.6 Å². The van der Waals surface area contributed by atoms with Crippen molar-refractivity contribution in [2.24, 2.45) is 18.9 Å². The molecule has 8 heteroatoms. The summed E-state index contributed by atoms with van der Waals surface area (Å²) in [7, 11) is 1.62. The monoisotopic (exact) mass is 335 g/mol. The largest absolute Gasteiger partial charge is 0.370 e. The Bertz CT molecular complexity index is 655. The van der Waals surface area contributed by atoms with Gasteiger partial charge < -0.3 is 15.5 Å². The van der Waals surface area contributed by atoms with Crippen LogP contribution in [0.1, 0.15) is 20.3 Å². The van der Waals surface area contributed by atoms with Crippen LogP contribution in [0, 0.1) is 11.8 Å². The predicted octanol–water partition coefficient (Wildman–Crippen LogP) is -0.505. The number of amides is 2. The Hall–Kier alpha value is -2.38. The molecule has 2 rings (SSSR count). The SMILES string of the molecule is CC(C)C(=O)NCC(=O)NC[C@H]1CCN(c2cnn(C)c(=O)c2)C1. The molecule has 1 aromatic heterocycles. The molecule has 132 valence electrons. The van der Waals surface area contributed by atoms with E-state index in [2.05, 4.69) is 20.6 Å². The Morgan fingerprint density at radius 2 is 2.12 bits per heavy atom. The summed E-state index contributed by atoms with van der Waals surface area (Å²) in [5.41, 5.74) is 0.682. The van der Waals surface area contributed by atoms with Gasteiger partial charge in [-0.1, -0.05) is 13.8 Å². The second-order valence-corrected chi connectivity index (χ2v) is 6.45. The quantitative estimate of drug-likeness (QED) is 0.730. The average molecular weight is 335 g/mol. The van der Waals surface area contributed by atoms with Gasteiger partial charge in [0.05, 0.1) is 18.4 Å². The van der Waals surface area contributed by atoms with E-state index >= 15 is 0 Å². The maximum atomic E-state index is 11.8. The molecule has 2 heterocycles. The minimum Gasteiger partial charge on any atom is -0.370 e. The fraction of sp³-hybridized carbons (Fsp3) is 0.625. The molecule has 2 amide bonds. The second-order valence-electron chi connectivity index (χ2n) is 6.45. The van der Waals surface area contributed by atoms with Crippen molar-refractivity contribution in [1.29, 1.82) is 0 Å². The Morgan fingerprint density at radius 1 is 1.38 bits per heavy atom. The van der Waals surface area contributed by atoms with E-state index in [1.807, 2.05) is 0 Å². The molecule has 0 saturated carbocycles. The summed E-state index contributed by atoms with van der Waals surface area (Å²) in [5, 5.41) is 9.48. The van der Waals surface area contributed by atoms with Crippen molar-refractivity contribution >= 4 is 17.5 Å². The van der Waals surface area contributed by atoms with Crippen molar-refractivity contribution in [3.8, 4) is 0 Å². The van der Waals surface area contributed by atoms with Crippen LogP contribution in [0.5, 0.6) is 0 Å². The highest BCUT2D eigenvalue weighted by Gasteiger charge is 2.23. The topological polar surface area (TPSA) is 96.3 Å². The molecular weight excluding hydrogens is 310 g/mol. The highest BCUT2D eigenvalue weighted by molar-refractivity contribution is 5.85. The third kappa shape index (κ3) is 4.81. The number of anilines is 1. The van der Waals surface area contributed by atoms with Gasteiger partial charge in [-0.15, -0.1) is 0 Å². The maximum Gasteiger partial charge on any atom is 0.268 e. The van der Waals surface area contributed by atoms with Gasteiger partial charge in [-0.05, 0) is 12.3 Å². The number of nitrogens with one attached hydrogen (secondary N) is 2. The molecule has 1 aliphatic heterocycles. The molecule has 1 aliphatic rings. The first-order valence-electron chi connectivity index (χ1n) is 8.19. The van der Waals surface area contributed by atoms with Crippen molar-refractivity contribution in [2.45, 2.75) is 20.3 Å². The van der Waals surface area contributed by atoms with Crippen LogP contribution >= 0.6 is 0 Å². The van der Waals surface area contributed by atoms with E-state index < -0.39 is 0 Å². The predicted molar refractivity (Wildman–Crippen MR) is 90.7 cm³/mol. The first kappa shape index (κ1) is 18.0. The number of carbonyl (C=O) groups excluding carboxylic acids is 2. The Kier molecular flexibility index (Phi) is 5.94. The fourth-order valence-electron chi connectivity index (χ4n) is 2.56. The molecule has 0 aromatic carbocycles. The number of aromatic nitrogens is 2. The van der Waals surface area contributed by atoms with Crippen LogP contribution in [0.15, 0.2) is 17.1 Å². The lowest BCUT2D eigenvalue weighted by Crippen LogP contribution is -2.40. The highest BCUT2D eigenvalue weighted by atomic mass is 16.2. The fourth-order valence-corrected chi connectivity index (χ4v) is 2.56. The third-order valence-corrected chi connectivity index (χ3v) is 4.14. The summed E-state index contributed by atoms with van der Waals surface area (Å²) in [6.07, 6.45) is 2.62. The van der Waals surface area contributed by atoms with Gasteiger partial charge >= 0.3 is 0 Å². The first-order valence-corrected chi connectivity index (χ1v) is 8.19. The van der Waals surface area contributed by atoms with E-state index in [1.165, 1.54) is 4.68 Å². The van der Waals surface area contributed by atoms with Crippen LogP contribution in [0.2, 0.25) is 0 Å². The van der Waals surface area contributed by atoms with Crippen LogP contribution in [0.25, 0.3) is 0 Å². The van der Waals surface area contributed by atoms with Gasteiger partial charge in [0, 0.05) is 38.7 Å². The molecule has 2 N–H and O–H groups in total. The number of hydrogen-bond acceptors (Lipinski definition) is 5. The summed E-state index contributed by atoms with van der Waals surface area (Å²) < 4.78 is 1.29. The molecule has 1 aromatic rings. The first-order chi connectivity index (χ1) is 11.4. The van der Waals surface area contributed by atoms with E-state index in [4.69, 9.17) is 0 Å². The number of aryl methyl sites for hydroxylation is 1. The van der Waals surface area contributed by atoms with E-state index in [9.17, 15) is 14.4 Å². The zero-order valence-electron chi connectivity index (χ0n) is 14.4. The molecule has 8 nitrogen and oxygen atoms in total. The maximum absolute atomic E-state index is 11.8. The molecule has 0 bridgehead atoms. The van der Waals surface area contributed by atoms with E-state index in [1.54, 1.807) is 33.2 Å². The van der Waals surface area contributed by atoms with Crippen molar-refractivity contribution in [3.63, 3.8) is 0 Å². The number of carbonyl (C=O) groups is 2. The molecule has 0 radical (unpaired) electrons. The van der Waals surface area contributed by atoms with Crippen LogP contribution in [-0.4, -0.2) is 47.8 Å². The normalized spacial score (nSPS) is 17.2. The highest BCUT2D eigenvalue weighted by Crippen LogP contribution is 2.21. The van der Waals surface area contributed by atoms with Gasteiger partial charge in [0.2, 0.25) is 11.8 Å². The van der Waals surface area contributed by atoms with Crippen LogP contribution in [0.3, 0.4) is 0 Å². The average Bonchev–Trinajstić information content (AvgIpc) is 3.02.